The SMILES string of the molecule is CCCCCc1onc(N)c1CC(C)C. The molecule has 0 bridgehead atoms. The summed E-state index contributed by atoms with van der Waals surface area (Å²) in [6.45, 7) is 6.56. The van der Waals surface area contributed by atoms with E-state index in [1.807, 2.05) is 0 Å². The molecule has 0 aromatic carbocycles. The number of aromatic nitrogens is 1. The summed E-state index contributed by atoms with van der Waals surface area (Å²) in [7, 11) is 0. The molecule has 0 saturated carbocycles. The molecule has 1 aromatic rings. The Hall–Kier alpha value is -0.990. The van der Waals surface area contributed by atoms with Crippen LogP contribution in [0.1, 0.15) is 51.4 Å². The topological polar surface area (TPSA) is 52.0 Å². The number of nitrogen functional groups attached to an aromatic ring is 1. The average molecular weight is 210 g/mol. The molecule has 0 amide bonds. The lowest BCUT2D eigenvalue weighted by Gasteiger charge is -2.04. The van der Waals surface area contributed by atoms with Crippen molar-refractivity contribution in [3.8, 4) is 0 Å². The van der Waals surface area contributed by atoms with E-state index in [2.05, 4.69) is 25.9 Å². The Morgan fingerprint density at radius 1 is 1.33 bits per heavy atom. The Balaban J connectivity index is 2.62. The number of unbranched alkanes of at least 4 members (excludes halogenated alkanes) is 2. The van der Waals surface area contributed by atoms with Crippen molar-refractivity contribution in [3.05, 3.63) is 11.3 Å². The van der Waals surface area contributed by atoms with Crippen molar-refractivity contribution in [3.63, 3.8) is 0 Å². The van der Waals surface area contributed by atoms with Crippen molar-refractivity contribution < 1.29 is 4.52 Å². The largest absolute Gasteiger partial charge is 0.381 e. The van der Waals surface area contributed by atoms with E-state index < -0.39 is 0 Å². The van der Waals surface area contributed by atoms with Crippen molar-refractivity contribution in [2.24, 2.45) is 5.92 Å². The van der Waals surface area contributed by atoms with Gasteiger partial charge in [-0.2, -0.15) is 0 Å². The monoisotopic (exact) mass is 210 g/mol. The van der Waals surface area contributed by atoms with Crippen molar-refractivity contribution >= 4 is 5.82 Å². The Morgan fingerprint density at radius 3 is 2.67 bits per heavy atom. The smallest absolute Gasteiger partial charge is 0.170 e. The molecule has 3 nitrogen and oxygen atoms in total. The second-order valence-corrected chi connectivity index (χ2v) is 4.52. The number of anilines is 1. The molecule has 0 radical (unpaired) electrons. The molecule has 1 aromatic heterocycles. The number of hydrogen-bond acceptors (Lipinski definition) is 3. The molecule has 15 heavy (non-hydrogen) atoms. The Labute approximate surface area is 92.0 Å². The van der Waals surface area contributed by atoms with E-state index in [0.717, 1.165) is 30.6 Å². The van der Waals surface area contributed by atoms with Gasteiger partial charge in [0, 0.05) is 12.0 Å². The lowest BCUT2D eigenvalue weighted by Crippen LogP contribution is -2.00. The third kappa shape index (κ3) is 3.57. The van der Waals surface area contributed by atoms with Gasteiger partial charge in [-0.05, 0) is 18.8 Å². The highest BCUT2D eigenvalue weighted by Gasteiger charge is 2.14. The maximum atomic E-state index is 5.79. The molecule has 1 rings (SSSR count). The van der Waals surface area contributed by atoms with Gasteiger partial charge in [-0.15, -0.1) is 0 Å². The summed E-state index contributed by atoms with van der Waals surface area (Å²) in [6.07, 6.45) is 5.57. The van der Waals surface area contributed by atoms with Gasteiger partial charge in [-0.3, -0.25) is 0 Å². The summed E-state index contributed by atoms with van der Waals surface area (Å²) in [5.74, 6) is 2.17. The summed E-state index contributed by atoms with van der Waals surface area (Å²) >= 11 is 0. The Kier molecular flexibility index (Phi) is 4.66. The normalized spacial score (nSPS) is 11.2. The summed E-state index contributed by atoms with van der Waals surface area (Å²) in [4.78, 5) is 0. The molecule has 0 atom stereocenters. The number of hydrogen-bond donors (Lipinski definition) is 1. The van der Waals surface area contributed by atoms with Gasteiger partial charge in [0.05, 0.1) is 0 Å². The molecule has 0 aliphatic carbocycles. The predicted molar refractivity (Wildman–Crippen MR) is 62.7 cm³/mol. The third-order valence-corrected chi connectivity index (χ3v) is 2.52. The maximum absolute atomic E-state index is 5.79. The fraction of sp³-hybridized carbons (Fsp3) is 0.750. The molecule has 0 unspecified atom stereocenters. The van der Waals surface area contributed by atoms with Gasteiger partial charge in [-0.25, -0.2) is 0 Å². The van der Waals surface area contributed by atoms with Crippen LogP contribution in [0.3, 0.4) is 0 Å². The Bertz CT molecular complexity index is 292. The second-order valence-electron chi connectivity index (χ2n) is 4.52. The van der Waals surface area contributed by atoms with Crippen LogP contribution in [-0.4, -0.2) is 5.16 Å². The van der Waals surface area contributed by atoms with Gasteiger partial charge in [0.25, 0.3) is 0 Å². The first-order chi connectivity index (χ1) is 7.15. The fourth-order valence-corrected chi connectivity index (χ4v) is 1.72. The molecule has 0 saturated heterocycles. The highest BCUT2D eigenvalue weighted by molar-refractivity contribution is 5.40. The van der Waals surface area contributed by atoms with Crippen LogP contribution in [0.5, 0.6) is 0 Å². The molecular formula is C12H22N2O. The highest BCUT2D eigenvalue weighted by Crippen LogP contribution is 2.22. The molecule has 0 aliphatic heterocycles. The van der Waals surface area contributed by atoms with Gasteiger partial charge >= 0.3 is 0 Å². The molecule has 1 heterocycles. The number of rotatable bonds is 6. The summed E-state index contributed by atoms with van der Waals surface area (Å²) in [5.41, 5.74) is 6.92. The molecule has 0 fully saturated rings. The molecule has 86 valence electrons. The zero-order valence-corrected chi connectivity index (χ0v) is 10.0. The lowest BCUT2D eigenvalue weighted by atomic mass is 10.0. The van der Waals surface area contributed by atoms with Crippen molar-refractivity contribution in [2.45, 2.75) is 52.9 Å². The summed E-state index contributed by atoms with van der Waals surface area (Å²) in [5, 5.41) is 3.85. The Morgan fingerprint density at radius 2 is 2.07 bits per heavy atom. The molecule has 0 aliphatic rings. The second kappa shape index (κ2) is 5.79. The standard InChI is InChI=1S/C12H22N2O/c1-4-5-6-7-11-10(8-9(2)3)12(13)14-15-11/h9H,4-8H2,1-3H3,(H2,13,14). The van der Waals surface area contributed by atoms with E-state index in [9.17, 15) is 0 Å². The zero-order valence-electron chi connectivity index (χ0n) is 10.0. The third-order valence-electron chi connectivity index (χ3n) is 2.52. The van der Waals surface area contributed by atoms with E-state index in [-0.39, 0.29) is 0 Å². The summed E-state index contributed by atoms with van der Waals surface area (Å²) < 4.78 is 5.27. The van der Waals surface area contributed by atoms with Crippen LogP contribution in [0.25, 0.3) is 0 Å². The van der Waals surface area contributed by atoms with E-state index in [0.29, 0.717) is 11.7 Å². The van der Waals surface area contributed by atoms with Crippen molar-refractivity contribution in [1.29, 1.82) is 0 Å². The van der Waals surface area contributed by atoms with E-state index in [1.54, 1.807) is 0 Å². The average Bonchev–Trinajstić information content (AvgIpc) is 2.49. The first-order valence-electron chi connectivity index (χ1n) is 5.88. The molecular weight excluding hydrogens is 188 g/mol. The maximum Gasteiger partial charge on any atom is 0.170 e. The minimum absolute atomic E-state index is 0.579. The minimum atomic E-state index is 0.579. The van der Waals surface area contributed by atoms with E-state index in [1.165, 1.54) is 12.8 Å². The van der Waals surface area contributed by atoms with Crippen LogP contribution >= 0.6 is 0 Å². The van der Waals surface area contributed by atoms with Crippen LogP contribution < -0.4 is 5.73 Å². The van der Waals surface area contributed by atoms with Gasteiger partial charge in [0.2, 0.25) is 0 Å². The number of aryl methyl sites for hydroxylation is 1. The van der Waals surface area contributed by atoms with Gasteiger partial charge in [-0.1, -0.05) is 38.8 Å². The van der Waals surface area contributed by atoms with E-state index in [4.69, 9.17) is 10.3 Å². The lowest BCUT2D eigenvalue weighted by molar-refractivity contribution is 0.379. The predicted octanol–water partition coefficient (Wildman–Crippen LogP) is 3.19. The van der Waals surface area contributed by atoms with Crippen LogP contribution in [0.15, 0.2) is 4.52 Å². The quantitative estimate of drug-likeness (QED) is 0.734. The van der Waals surface area contributed by atoms with Crippen LogP contribution in [0.2, 0.25) is 0 Å². The number of nitrogens with two attached hydrogens (primary N) is 1. The highest BCUT2D eigenvalue weighted by atomic mass is 16.5. The van der Waals surface area contributed by atoms with E-state index >= 15 is 0 Å². The fourth-order valence-electron chi connectivity index (χ4n) is 1.72. The first-order valence-corrected chi connectivity index (χ1v) is 5.88. The van der Waals surface area contributed by atoms with Gasteiger partial charge in [0.15, 0.2) is 5.82 Å². The van der Waals surface area contributed by atoms with Crippen LogP contribution in [0, 0.1) is 5.92 Å². The minimum Gasteiger partial charge on any atom is -0.381 e. The molecule has 0 spiro atoms. The van der Waals surface area contributed by atoms with Gasteiger partial charge in [0.1, 0.15) is 5.76 Å². The van der Waals surface area contributed by atoms with Gasteiger partial charge < -0.3 is 10.3 Å². The molecule has 3 heteroatoms. The summed E-state index contributed by atoms with van der Waals surface area (Å²) in [6, 6.07) is 0. The zero-order chi connectivity index (χ0) is 11.3. The van der Waals surface area contributed by atoms with Crippen molar-refractivity contribution in [1.82, 2.24) is 5.16 Å². The van der Waals surface area contributed by atoms with Crippen LogP contribution in [-0.2, 0) is 12.8 Å². The van der Waals surface area contributed by atoms with Crippen molar-refractivity contribution in [2.75, 3.05) is 5.73 Å². The first kappa shape index (κ1) is 12.1. The number of nitrogens with zero attached hydrogens (tertiary/aromatic N) is 1. The molecule has 2 N–H and O–H groups in total. The van der Waals surface area contributed by atoms with Crippen LogP contribution in [0.4, 0.5) is 5.82 Å².